The van der Waals surface area contributed by atoms with Gasteiger partial charge in [0.15, 0.2) is 5.78 Å². The predicted octanol–water partition coefficient (Wildman–Crippen LogP) is 8.59. The van der Waals surface area contributed by atoms with Crippen molar-refractivity contribution in [1.29, 1.82) is 0 Å². The van der Waals surface area contributed by atoms with Gasteiger partial charge in [0, 0.05) is 75.5 Å². The standard InChI is InChI=1S/C63H88ClN5O16/c1-36(2)44(32-43(70)20-12-13-25-61(5,6)85-58(75)40-18-15-19-40)57(74)68-45(21-16-26-66-59(65)76)47(71)30-41-23-24-42(31-48(41)79-9)67-60(77)83-52-33-53(72)69(8)46-28-39(29-49(80-10)55(46)64)27-37(3)17-14-22-51(81-11)63(78)34-50(82-54(73)35-63)38(4)56-62(52,7)84-56/h14,17,22-24,28-29,31,36,38,40,44-45,50-52,56,78H,12-13,15-16,18-21,25-27,30,32-35H2,1-11H3,(H,67,77)(H,68,74)(H3,65,66,76)/b22-14+,37-17+/t38-,44+,45+,50+,51-,52+,56+,62+,63-/m1/s1. The van der Waals surface area contributed by atoms with Crippen LogP contribution in [-0.2, 0) is 65.3 Å². The summed E-state index contributed by atoms with van der Waals surface area (Å²) in [5, 5.41) is 20.3. The molecule has 9 atom stereocenters. The van der Waals surface area contributed by atoms with E-state index in [1.165, 1.54) is 38.4 Å². The number of hydrogen-bond donors (Lipinski definition) is 5. The fourth-order valence-corrected chi connectivity index (χ4v) is 11.7. The summed E-state index contributed by atoms with van der Waals surface area (Å²) < 4.78 is 41.2. The number of carbonyl (C=O) groups is 8. The molecule has 0 spiro atoms. The van der Waals surface area contributed by atoms with Crippen molar-refractivity contribution in [3.05, 3.63) is 70.3 Å². The van der Waals surface area contributed by atoms with Crippen molar-refractivity contribution in [2.45, 2.75) is 192 Å². The number of hydrogen-bond acceptors (Lipinski definition) is 16. The molecule has 6 N–H and O–H groups in total. The number of benzene rings is 2. The van der Waals surface area contributed by atoms with Gasteiger partial charge in [-0.25, -0.2) is 9.59 Å². The average molecular weight is 1210 g/mol. The van der Waals surface area contributed by atoms with Crippen LogP contribution in [0.5, 0.6) is 11.5 Å². The Hall–Kier alpha value is -6.55. The molecule has 6 rings (SSSR count). The number of primary amides is 1. The van der Waals surface area contributed by atoms with Gasteiger partial charge < -0.3 is 59.5 Å². The van der Waals surface area contributed by atoms with Crippen molar-refractivity contribution in [3.8, 4) is 11.5 Å². The summed E-state index contributed by atoms with van der Waals surface area (Å²) >= 11 is 6.86. The van der Waals surface area contributed by atoms with Gasteiger partial charge in [0.05, 0.1) is 50.8 Å². The zero-order valence-corrected chi connectivity index (χ0v) is 51.9. The summed E-state index contributed by atoms with van der Waals surface area (Å²) in [6.45, 7) is 12.9. The zero-order chi connectivity index (χ0) is 62.6. The van der Waals surface area contributed by atoms with Crippen molar-refractivity contribution >= 4 is 70.4 Å². The van der Waals surface area contributed by atoms with Crippen molar-refractivity contribution in [3.63, 3.8) is 0 Å². The van der Waals surface area contributed by atoms with Gasteiger partial charge in [-0.05, 0) is 109 Å². The maximum absolute atomic E-state index is 14.5. The molecule has 0 radical (unpaired) electrons. The lowest BCUT2D eigenvalue weighted by Gasteiger charge is -2.41. The lowest BCUT2D eigenvalue weighted by Crippen LogP contribution is -2.53. The number of Topliss-reactive ketones (excluding diaryl/α,β-unsaturated/α-hetero) is 2. The predicted molar refractivity (Wildman–Crippen MR) is 318 cm³/mol. The summed E-state index contributed by atoms with van der Waals surface area (Å²) in [5.74, 6) is -3.32. The second-order valence-corrected chi connectivity index (χ2v) is 24.8. The third-order valence-corrected chi connectivity index (χ3v) is 17.3. The minimum absolute atomic E-state index is 0.00324. The van der Waals surface area contributed by atoms with Gasteiger partial charge in [-0.3, -0.25) is 34.1 Å². The minimum Gasteiger partial charge on any atom is -0.496 e. The fraction of sp³-hybridized carbons (Fsp3) is 0.619. The van der Waals surface area contributed by atoms with E-state index >= 15 is 0 Å². The van der Waals surface area contributed by atoms with E-state index in [1.54, 1.807) is 51.2 Å². The molecule has 1 aliphatic carbocycles. The van der Waals surface area contributed by atoms with E-state index in [4.69, 9.17) is 50.5 Å². The first-order valence-electron chi connectivity index (χ1n) is 29.5. The number of anilines is 2. The highest BCUT2D eigenvalue weighted by molar-refractivity contribution is 6.35. The molecule has 21 nitrogen and oxygen atoms in total. The quantitative estimate of drug-likeness (QED) is 0.0284. The first kappa shape index (κ1) is 67.6. The first-order chi connectivity index (χ1) is 40.1. The van der Waals surface area contributed by atoms with Crippen LogP contribution in [-0.4, -0.2) is 135 Å². The topological polar surface area (TPSA) is 290 Å². The van der Waals surface area contributed by atoms with Crippen LogP contribution in [0.1, 0.15) is 143 Å². The number of aliphatic hydroxyl groups is 1. The van der Waals surface area contributed by atoms with Crippen LogP contribution in [0.25, 0.3) is 0 Å². The molecule has 2 aromatic rings. The highest BCUT2D eigenvalue weighted by Gasteiger charge is 2.64. The number of amides is 5. The van der Waals surface area contributed by atoms with Crippen LogP contribution in [0.3, 0.4) is 0 Å². The van der Waals surface area contributed by atoms with Crippen LogP contribution in [0.15, 0.2) is 54.1 Å². The number of halogens is 1. The van der Waals surface area contributed by atoms with Gasteiger partial charge in [0.1, 0.15) is 57.4 Å². The summed E-state index contributed by atoms with van der Waals surface area (Å²) in [4.78, 5) is 109. The number of carbonyl (C=O) groups excluding carboxylic acids is 8. The summed E-state index contributed by atoms with van der Waals surface area (Å²) in [5.41, 5.74) is 4.30. The molecule has 0 aromatic heterocycles. The maximum atomic E-state index is 14.5. The Balaban J connectivity index is 1.17. The SMILES string of the molecule is COc1cc(NC(=O)O[C@H]2CC(=O)N(C)c3cc(cc(OC)c3Cl)C/C(C)=C/C=C/[C@@H](OC)[C@]3(O)CC(=O)O[C@@H](C3)[C@@H](C)[C@@H]3O[C@@]23C)ccc1CC(=O)[C@H](CCCNC(N)=O)NC(=O)[C@@H](CC(=O)CCCCC(C)(C)OC(=O)C1CCC1)C(C)C. The molecule has 3 aliphatic heterocycles. The summed E-state index contributed by atoms with van der Waals surface area (Å²) in [7, 11) is 5.86. The monoisotopic (exact) mass is 1210 g/mol. The number of rotatable bonds is 24. The first-order valence-corrected chi connectivity index (χ1v) is 29.8. The molecule has 4 aliphatic rings. The number of esters is 2. The molecule has 3 heterocycles. The number of nitrogens with zero attached hydrogens (tertiary/aromatic N) is 1. The molecular formula is C63H88ClN5O16. The number of urea groups is 1. The van der Waals surface area contributed by atoms with Crippen LogP contribution in [0.4, 0.5) is 21.0 Å². The van der Waals surface area contributed by atoms with E-state index < -0.39 is 95.4 Å². The van der Waals surface area contributed by atoms with E-state index in [2.05, 4.69) is 16.0 Å². The van der Waals surface area contributed by atoms with E-state index in [0.29, 0.717) is 42.7 Å². The van der Waals surface area contributed by atoms with Gasteiger partial charge in [-0.15, -0.1) is 0 Å². The smallest absolute Gasteiger partial charge is 0.412 e. The van der Waals surface area contributed by atoms with Gasteiger partial charge in [0.25, 0.3) is 0 Å². The molecule has 468 valence electrons. The number of fused-ring (bicyclic) bond motifs is 5. The largest absolute Gasteiger partial charge is 0.496 e. The highest BCUT2D eigenvalue weighted by atomic mass is 35.5. The second-order valence-electron chi connectivity index (χ2n) is 24.4. The second kappa shape index (κ2) is 29.7. The molecule has 0 unspecified atom stereocenters. The van der Waals surface area contributed by atoms with Crippen molar-refractivity contribution in [2.24, 2.45) is 29.4 Å². The van der Waals surface area contributed by atoms with E-state index in [-0.39, 0.29) is 97.3 Å². The molecule has 2 saturated heterocycles. The summed E-state index contributed by atoms with van der Waals surface area (Å²) in [6, 6.07) is 6.37. The lowest BCUT2D eigenvalue weighted by molar-refractivity contribution is -0.187. The Kier molecular flexibility index (Phi) is 23.6. The number of nitrogens with one attached hydrogen (secondary N) is 3. The van der Waals surface area contributed by atoms with Crippen LogP contribution in [0, 0.1) is 23.7 Å². The lowest BCUT2D eigenvalue weighted by atomic mass is 9.78. The number of ether oxygens (including phenoxy) is 7. The van der Waals surface area contributed by atoms with Crippen LogP contribution in [0.2, 0.25) is 5.02 Å². The molecule has 22 heteroatoms. The molecule has 2 aromatic carbocycles. The van der Waals surface area contributed by atoms with Crippen molar-refractivity contribution in [1.82, 2.24) is 10.6 Å². The number of epoxide rings is 1. The average Bonchev–Trinajstić information content (AvgIpc) is 1.65. The van der Waals surface area contributed by atoms with E-state index in [0.717, 1.165) is 30.4 Å². The number of nitrogens with two attached hydrogens (primary N) is 1. The van der Waals surface area contributed by atoms with Crippen LogP contribution >= 0.6 is 11.6 Å². The highest BCUT2D eigenvalue weighted by Crippen LogP contribution is 2.50. The van der Waals surface area contributed by atoms with Crippen molar-refractivity contribution in [2.75, 3.05) is 45.1 Å². The van der Waals surface area contributed by atoms with Gasteiger partial charge in [-0.2, -0.15) is 0 Å². The zero-order valence-electron chi connectivity index (χ0n) is 51.1. The Labute approximate surface area is 504 Å². The van der Waals surface area contributed by atoms with Gasteiger partial charge in [-0.1, -0.05) is 68.7 Å². The number of allylic oxidation sites excluding steroid dienone is 3. The van der Waals surface area contributed by atoms with Gasteiger partial charge >= 0.3 is 24.1 Å². The number of unbranched alkanes of at least 4 members (excludes halogenated alkanes) is 1. The normalized spacial score (nSPS) is 25.3. The third kappa shape index (κ3) is 18.2. The molecule has 85 heavy (non-hydrogen) atoms. The van der Waals surface area contributed by atoms with Gasteiger partial charge in [0.2, 0.25) is 11.8 Å². The van der Waals surface area contributed by atoms with Crippen molar-refractivity contribution < 1.29 is 76.6 Å². The molecular weight excluding hydrogens is 1120 g/mol. The number of ketones is 2. The fourth-order valence-electron chi connectivity index (χ4n) is 11.4. The number of methoxy groups -OCH3 is 3. The molecule has 5 amide bonds. The minimum atomic E-state index is -1.65. The van der Waals surface area contributed by atoms with Crippen LogP contribution < -0.4 is 36.1 Å². The Bertz CT molecular complexity index is 2830. The molecule has 3 fully saturated rings. The Morgan fingerprint density at radius 2 is 1.72 bits per heavy atom. The third-order valence-electron chi connectivity index (χ3n) is 16.9. The Morgan fingerprint density at radius 1 is 1.00 bits per heavy atom. The molecule has 1 saturated carbocycles. The van der Waals surface area contributed by atoms with E-state index in [9.17, 15) is 43.5 Å². The summed E-state index contributed by atoms with van der Waals surface area (Å²) in [6.07, 6.45) is 5.21. The van der Waals surface area contributed by atoms with E-state index in [1.807, 2.05) is 40.7 Å². The molecule has 4 bridgehead atoms. The maximum Gasteiger partial charge on any atom is 0.412 e. The Morgan fingerprint density at radius 3 is 2.36 bits per heavy atom.